The van der Waals surface area contributed by atoms with Crippen LogP contribution in [0.3, 0.4) is 0 Å². The van der Waals surface area contributed by atoms with Gasteiger partial charge in [0.25, 0.3) is 0 Å². The van der Waals surface area contributed by atoms with Gasteiger partial charge in [-0.15, -0.1) is 0 Å². The van der Waals surface area contributed by atoms with Crippen LogP contribution in [0.1, 0.15) is 23.1 Å². The molecule has 2 aromatic rings. The molecule has 0 aliphatic carbocycles. The van der Waals surface area contributed by atoms with Gasteiger partial charge in [-0.1, -0.05) is 36.4 Å². The Morgan fingerprint density at radius 3 is 2.70 bits per heavy atom. The highest BCUT2D eigenvalue weighted by Gasteiger charge is 2.14. The summed E-state index contributed by atoms with van der Waals surface area (Å²) in [6.07, 6.45) is 3.50. The van der Waals surface area contributed by atoms with Gasteiger partial charge in [0.1, 0.15) is 0 Å². The Bertz CT molecular complexity index is 577. The number of fused-ring (bicyclic) bond motifs is 1. The number of hydrogen-bond acceptors (Lipinski definition) is 2. The molecule has 1 heterocycles. The molecule has 1 aliphatic rings. The fourth-order valence-electron chi connectivity index (χ4n) is 3.00. The van der Waals surface area contributed by atoms with Crippen LogP contribution in [0.15, 0.2) is 48.5 Å². The first kappa shape index (κ1) is 13.2. The van der Waals surface area contributed by atoms with Crippen LogP contribution in [0.4, 0.5) is 5.69 Å². The van der Waals surface area contributed by atoms with Crippen molar-refractivity contribution in [2.24, 2.45) is 0 Å². The van der Waals surface area contributed by atoms with Crippen LogP contribution in [-0.4, -0.2) is 18.0 Å². The fraction of sp³-hybridized carbons (Fsp3) is 0.333. The molecular formula is C18H22N2. The van der Waals surface area contributed by atoms with Crippen LogP contribution in [-0.2, 0) is 19.4 Å². The van der Waals surface area contributed by atoms with E-state index < -0.39 is 0 Å². The van der Waals surface area contributed by atoms with Crippen LogP contribution in [0.25, 0.3) is 0 Å². The molecule has 0 spiro atoms. The second-order valence-corrected chi connectivity index (χ2v) is 5.64. The maximum atomic E-state index is 5.82. The standard InChI is InChI=1S/C18H22N2/c19-18-9-3-5-15(13-18)6-4-11-20-12-10-16-7-1-2-8-17(16)14-20/h1-3,5,7-9,13H,4,6,10-12,14,19H2. The quantitative estimate of drug-likeness (QED) is 0.861. The summed E-state index contributed by atoms with van der Waals surface area (Å²) in [5.41, 5.74) is 11.1. The zero-order chi connectivity index (χ0) is 13.8. The van der Waals surface area contributed by atoms with E-state index in [-0.39, 0.29) is 0 Å². The van der Waals surface area contributed by atoms with Crippen molar-refractivity contribution < 1.29 is 0 Å². The van der Waals surface area contributed by atoms with E-state index in [0.29, 0.717) is 0 Å². The zero-order valence-electron chi connectivity index (χ0n) is 11.9. The normalized spacial score (nSPS) is 15.0. The lowest BCUT2D eigenvalue weighted by Gasteiger charge is -2.28. The molecule has 0 bridgehead atoms. The third-order valence-electron chi connectivity index (χ3n) is 4.10. The van der Waals surface area contributed by atoms with Crippen molar-refractivity contribution in [3.8, 4) is 0 Å². The van der Waals surface area contributed by atoms with E-state index in [2.05, 4.69) is 41.3 Å². The number of nitrogen functional groups attached to an aromatic ring is 1. The molecule has 0 saturated carbocycles. The largest absolute Gasteiger partial charge is 0.399 e. The molecule has 2 N–H and O–H groups in total. The molecule has 0 unspecified atom stereocenters. The first-order valence-corrected chi connectivity index (χ1v) is 7.45. The summed E-state index contributed by atoms with van der Waals surface area (Å²) in [5.74, 6) is 0. The van der Waals surface area contributed by atoms with Crippen LogP contribution in [0.5, 0.6) is 0 Å². The predicted molar refractivity (Wildman–Crippen MR) is 84.6 cm³/mol. The number of hydrogen-bond donors (Lipinski definition) is 1. The van der Waals surface area contributed by atoms with Gasteiger partial charge in [-0.2, -0.15) is 0 Å². The lowest BCUT2D eigenvalue weighted by atomic mass is 9.99. The van der Waals surface area contributed by atoms with E-state index >= 15 is 0 Å². The van der Waals surface area contributed by atoms with Gasteiger partial charge in [-0.3, -0.25) is 4.90 Å². The second-order valence-electron chi connectivity index (χ2n) is 5.64. The molecule has 0 aromatic heterocycles. The summed E-state index contributed by atoms with van der Waals surface area (Å²) in [4.78, 5) is 2.56. The van der Waals surface area contributed by atoms with Crippen molar-refractivity contribution in [1.29, 1.82) is 0 Å². The summed E-state index contributed by atoms with van der Waals surface area (Å²) < 4.78 is 0. The Kier molecular flexibility index (Phi) is 4.03. The highest BCUT2D eigenvalue weighted by molar-refractivity contribution is 5.40. The minimum Gasteiger partial charge on any atom is -0.399 e. The van der Waals surface area contributed by atoms with Crippen molar-refractivity contribution in [2.45, 2.75) is 25.8 Å². The number of benzene rings is 2. The van der Waals surface area contributed by atoms with Crippen LogP contribution < -0.4 is 5.73 Å². The van der Waals surface area contributed by atoms with Gasteiger partial charge in [0.2, 0.25) is 0 Å². The molecule has 3 rings (SSSR count). The van der Waals surface area contributed by atoms with Crippen LogP contribution in [0.2, 0.25) is 0 Å². The SMILES string of the molecule is Nc1cccc(CCCN2CCc3ccccc3C2)c1. The molecule has 0 saturated heterocycles. The maximum absolute atomic E-state index is 5.82. The Labute approximate surface area is 121 Å². The highest BCUT2D eigenvalue weighted by atomic mass is 15.1. The van der Waals surface area contributed by atoms with Crippen LogP contribution >= 0.6 is 0 Å². The smallest absolute Gasteiger partial charge is 0.0316 e. The summed E-state index contributed by atoms with van der Waals surface area (Å²) in [6.45, 7) is 3.46. The second kappa shape index (κ2) is 6.10. The van der Waals surface area contributed by atoms with Gasteiger partial charge < -0.3 is 5.73 Å². The van der Waals surface area contributed by atoms with Crippen molar-refractivity contribution in [3.05, 3.63) is 65.2 Å². The van der Waals surface area contributed by atoms with E-state index in [9.17, 15) is 0 Å². The lowest BCUT2D eigenvalue weighted by molar-refractivity contribution is 0.251. The third-order valence-corrected chi connectivity index (χ3v) is 4.10. The zero-order valence-corrected chi connectivity index (χ0v) is 11.9. The van der Waals surface area contributed by atoms with Crippen molar-refractivity contribution in [3.63, 3.8) is 0 Å². The van der Waals surface area contributed by atoms with E-state index in [1.165, 1.54) is 42.6 Å². The molecular weight excluding hydrogens is 244 g/mol. The minimum absolute atomic E-state index is 0.870. The number of rotatable bonds is 4. The van der Waals surface area contributed by atoms with E-state index in [1.807, 2.05) is 12.1 Å². The minimum atomic E-state index is 0.870. The molecule has 0 atom stereocenters. The van der Waals surface area contributed by atoms with Gasteiger partial charge in [-0.25, -0.2) is 0 Å². The van der Waals surface area contributed by atoms with E-state index in [1.54, 1.807) is 0 Å². The lowest BCUT2D eigenvalue weighted by Crippen LogP contribution is -2.31. The number of nitrogens with two attached hydrogens (primary N) is 1. The molecule has 104 valence electrons. The van der Waals surface area contributed by atoms with Crippen molar-refractivity contribution >= 4 is 5.69 Å². The van der Waals surface area contributed by atoms with E-state index in [4.69, 9.17) is 5.73 Å². The van der Waals surface area contributed by atoms with Crippen molar-refractivity contribution in [2.75, 3.05) is 18.8 Å². The Morgan fingerprint density at radius 2 is 1.85 bits per heavy atom. The highest BCUT2D eigenvalue weighted by Crippen LogP contribution is 2.19. The average Bonchev–Trinajstić information content (AvgIpc) is 2.47. The van der Waals surface area contributed by atoms with Gasteiger partial charge in [0, 0.05) is 18.8 Å². The molecule has 2 nitrogen and oxygen atoms in total. The van der Waals surface area contributed by atoms with E-state index in [0.717, 1.165) is 18.7 Å². The first-order valence-electron chi connectivity index (χ1n) is 7.45. The molecule has 1 aliphatic heterocycles. The molecule has 2 heteroatoms. The fourth-order valence-corrected chi connectivity index (χ4v) is 3.00. The molecule has 0 fully saturated rings. The first-order chi connectivity index (χ1) is 9.81. The maximum Gasteiger partial charge on any atom is 0.0316 e. The average molecular weight is 266 g/mol. The predicted octanol–water partition coefficient (Wildman–Crippen LogP) is 3.26. The molecule has 0 amide bonds. The van der Waals surface area contributed by atoms with Gasteiger partial charge in [-0.05, 0) is 54.6 Å². The summed E-state index contributed by atoms with van der Waals surface area (Å²) in [6, 6.07) is 17.1. The monoisotopic (exact) mass is 266 g/mol. The molecule has 0 radical (unpaired) electrons. The Morgan fingerprint density at radius 1 is 1.00 bits per heavy atom. The summed E-state index contributed by atoms with van der Waals surface area (Å²) in [5, 5.41) is 0. The topological polar surface area (TPSA) is 29.3 Å². The van der Waals surface area contributed by atoms with Gasteiger partial charge >= 0.3 is 0 Å². The number of anilines is 1. The number of aryl methyl sites for hydroxylation is 1. The third kappa shape index (κ3) is 3.20. The van der Waals surface area contributed by atoms with Gasteiger partial charge in [0.15, 0.2) is 0 Å². The van der Waals surface area contributed by atoms with Crippen molar-refractivity contribution in [1.82, 2.24) is 4.90 Å². The molecule has 20 heavy (non-hydrogen) atoms. The Hall–Kier alpha value is -1.80. The summed E-state index contributed by atoms with van der Waals surface area (Å²) in [7, 11) is 0. The number of nitrogens with zero attached hydrogens (tertiary/aromatic N) is 1. The Balaban J connectivity index is 1.51. The van der Waals surface area contributed by atoms with Gasteiger partial charge in [0.05, 0.1) is 0 Å². The molecule has 2 aromatic carbocycles. The summed E-state index contributed by atoms with van der Waals surface area (Å²) >= 11 is 0. The van der Waals surface area contributed by atoms with Crippen LogP contribution in [0, 0.1) is 0 Å².